The number of aromatic nitrogens is 2. The van der Waals surface area contributed by atoms with Crippen LogP contribution in [0.4, 0.5) is 0 Å². The van der Waals surface area contributed by atoms with Gasteiger partial charge in [-0.15, -0.1) is 0 Å². The summed E-state index contributed by atoms with van der Waals surface area (Å²) in [7, 11) is -3.56. The molecule has 1 aromatic carbocycles. The van der Waals surface area contributed by atoms with Gasteiger partial charge in [-0.1, -0.05) is 31.5 Å². The molecule has 150 valence electrons. The number of benzene rings is 1. The summed E-state index contributed by atoms with van der Waals surface area (Å²) in [4.78, 5) is 26.4. The van der Waals surface area contributed by atoms with Gasteiger partial charge in [-0.2, -0.15) is 9.40 Å². The van der Waals surface area contributed by atoms with E-state index < -0.39 is 10.0 Å². The number of aryl methyl sites for hydroxylation is 1. The van der Waals surface area contributed by atoms with E-state index in [9.17, 15) is 18.0 Å². The Morgan fingerprint density at radius 2 is 1.71 bits per heavy atom. The van der Waals surface area contributed by atoms with E-state index >= 15 is 0 Å². The number of carbonyl (C=O) groups is 1. The predicted octanol–water partition coefficient (Wildman–Crippen LogP) is 1.19. The van der Waals surface area contributed by atoms with E-state index in [4.69, 9.17) is 0 Å². The van der Waals surface area contributed by atoms with E-state index in [1.807, 2.05) is 6.92 Å². The van der Waals surface area contributed by atoms with Gasteiger partial charge >= 0.3 is 0 Å². The first kappa shape index (κ1) is 20.2. The molecule has 0 radical (unpaired) electrons. The maximum absolute atomic E-state index is 12.7. The molecule has 3 rings (SSSR count). The van der Waals surface area contributed by atoms with Gasteiger partial charge in [0.2, 0.25) is 10.0 Å². The average Bonchev–Trinajstić information content (AvgIpc) is 2.73. The fourth-order valence-corrected chi connectivity index (χ4v) is 4.51. The third kappa shape index (κ3) is 4.31. The fourth-order valence-electron chi connectivity index (χ4n) is 3.07. The van der Waals surface area contributed by atoms with Crippen LogP contribution in [0.5, 0.6) is 0 Å². The first-order valence-electron chi connectivity index (χ1n) is 9.36. The third-order valence-electron chi connectivity index (χ3n) is 4.72. The number of piperazine rings is 1. The van der Waals surface area contributed by atoms with Crippen molar-refractivity contribution in [3.63, 3.8) is 0 Å². The second-order valence-corrected chi connectivity index (χ2v) is 8.58. The van der Waals surface area contributed by atoms with Crippen LogP contribution in [-0.2, 0) is 16.6 Å². The lowest BCUT2D eigenvalue weighted by molar-refractivity contribution is 0.0689. The van der Waals surface area contributed by atoms with Crippen LogP contribution in [0.3, 0.4) is 0 Å². The van der Waals surface area contributed by atoms with E-state index in [0.717, 1.165) is 12.8 Å². The van der Waals surface area contributed by atoms with Crippen LogP contribution in [0, 0.1) is 0 Å². The number of carbonyl (C=O) groups excluding carboxylic acids is 1. The van der Waals surface area contributed by atoms with E-state index in [0.29, 0.717) is 6.54 Å². The largest absolute Gasteiger partial charge is 0.335 e. The number of rotatable bonds is 6. The van der Waals surface area contributed by atoms with Gasteiger partial charge in [0.05, 0.1) is 4.90 Å². The van der Waals surface area contributed by atoms with E-state index in [1.165, 1.54) is 21.1 Å². The summed E-state index contributed by atoms with van der Waals surface area (Å²) in [6.45, 7) is 3.49. The van der Waals surface area contributed by atoms with Gasteiger partial charge in [-0.25, -0.2) is 13.1 Å². The van der Waals surface area contributed by atoms with Crippen molar-refractivity contribution in [1.82, 2.24) is 19.0 Å². The number of hydrogen-bond acceptors (Lipinski definition) is 5. The molecule has 1 aromatic heterocycles. The van der Waals surface area contributed by atoms with Crippen molar-refractivity contribution in [2.75, 3.05) is 26.2 Å². The highest BCUT2D eigenvalue weighted by atomic mass is 32.2. The molecule has 1 aliphatic heterocycles. The molecule has 0 atom stereocenters. The van der Waals surface area contributed by atoms with Crippen molar-refractivity contribution in [1.29, 1.82) is 0 Å². The number of unbranched alkanes of at least 4 members (excludes halogenated alkanes) is 1. The zero-order chi connectivity index (χ0) is 20.1. The van der Waals surface area contributed by atoms with Crippen molar-refractivity contribution in [3.05, 3.63) is 58.5 Å². The summed E-state index contributed by atoms with van der Waals surface area (Å²) in [6, 6.07) is 11.1. The van der Waals surface area contributed by atoms with Gasteiger partial charge in [-0.3, -0.25) is 9.59 Å². The van der Waals surface area contributed by atoms with E-state index in [2.05, 4.69) is 5.10 Å². The number of sulfonamides is 1. The molecule has 8 nitrogen and oxygen atoms in total. The van der Waals surface area contributed by atoms with Crippen molar-refractivity contribution >= 4 is 15.9 Å². The van der Waals surface area contributed by atoms with E-state index in [1.54, 1.807) is 35.2 Å². The lowest BCUT2D eigenvalue weighted by Crippen LogP contribution is -2.50. The molecule has 1 amide bonds. The lowest BCUT2D eigenvalue weighted by atomic mass is 10.3. The zero-order valence-electron chi connectivity index (χ0n) is 15.8. The third-order valence-corrected chi connectivity index (χ3v) is 6.63. The van der Waals surface area contributed by atoms with Crippen LogP contribution in [-0.4, -0.2) is 59.5 Å². The molecular weight excluding hydrogens is 380 g/mol. The molecular formula is C19H24N4O4S. The van der Waals surface area contributed by atoms with Gasteiger partial charge in [0.1, 0.15) is 5.69 Å². The normalized spacial score (nSPS) is 15.5. The summed E-state index contributed by atoms with van der Waals surface area (Å²) >= 11 is 0. The molecule has 0 bridgehead atoms. The smallest absolute Gasteiger partial charge is 0.274 e. The standard InChI is InChI=1S/C19H24N4O4S/c1-2-3-11-23-18(24)10-9-17(20-23)19(25)21-12-14-22(15-13-21)28(26,27)16-7-5-4-6-8-16/h4-10H,2-3,11-15H2,1H3. The quantitative estimate of drug-likeness (QED) is 0.721. The van der Waals surface area contributed by atoms with Gasteiger partial charge < -0.3 is 4.90 Å². The monoisotopic (exact) mass is 404 g/mol. The topological polar surface area (TPSA) is 92.6 Å². The Morgan fingerprint density at radius 3 is 2.36 bits per heavy atom. The molecule has 0 N–H and O–H groups in total. The first-order valence-corrected chi connectivity index (χ1v) is 10.8. The van der Waals surface area contributed by atoms with Gasteiger partial charge in [-0.05, 0) is 24.6 Å². The Kier molecular flexibility index (Phi) is 6.25. The second-order valence-electron chi connectivity index (χ2n) is 6.64. The average molecular weight is 404 g/mol. The highest BCUT2D eigenvalue weighted by Crippen LogP contribution is 2.17. The Morgan fingerprint density at radius 1 is 1.04 bits per heavy atom. The Labute approximate surface area is 164 Å². The minimum absolute atomic E-state index is 0.204. The highest BCUT2D eigenvalue weighted by Gasteiger charge is 2.30. The Bertz CT molecular complexity index is 980. The lowest BCUT2D eigenvalue weighted by Gasteiger charge is -2.33. The van der Waals surface area contributed by atoms with Crippen LogP contribution in [0.15, 0.2) is 52.2 Å². The molecule has 2 aromatic rings. The Balaban J connectivity index is 1.68. The molecule has 0 unspecified atom stereocenters. The summed E-state index contributed by atoms with van der Waals surface area (Å²) in [5.74, 6) is -0.290. The van der Waals surface area contributed by atoms with Crippen LogP contribution in [0.25, 0.3) is 0 Å². The summed E-state index contributed by atoms with van der Waals surface area (Å²) < 4.78 is 28.1. The molecule has 2 heterocycles. The number of amides is 1. The van der Waals surface area contributed by atoms with Crippen LogP contribution >= 0.6 is 0 Å². The zero-order valence-corrected chi connectivity index (χ0v) is 16.6. The maximum Gasteiger partial charge on any atom is 0.274 e. The summed E-state index contributed by atoms with van der Waals surface area (Å²) in [6.07, 6.45) is 1.73. The molecule has 28 heavy (non-hydrogen) atoms. The molecule has 1 fully saturated rings. The predicted molar refractivity (Wildman–Crippen MR) is 105 cm³/mol. The van der Waals surface area contributed by atoms with Crippen molar-refractivity contribution in [3.8, 4) is 0 Å². The van der Waals surface area contributed by atoms with Crippen molar-refractivity contribution in [2.24, 2.45) is 0 Å². The molecule has 0 saturated carbocycles. The second kappa shape index (κ2) is 8.66. The molecule has 0 spiro atoms. The van der Waals surface area contributed by atoms with E-state index in [-0.39, 0.29) is 48.2 Å². The van der Waals surface area contributed by atoms with Crippen molar-refractivity contribution < 1.29 is 13.2 Å². The van der Waals surface area contributed by atoms with Gasteiger partial charge in [0, 0.05) is 38.8 Å². The molecule has 9 heteroatoms. The summed E-state index contributed by atoms with van der Waals surface area (Å²) in [5.41, 5.74) is -0.0288. The molecule has 1 saturated heterocycles. The van der Waals surface area contributed by atoms with Gasteiger partial charge in [0.15, 0.2) is 0 Å². The minimum atomic E-state index is -3.56. The number of nitrogens with zero attached hydrogens (tertiary/aromatic N) is 4. The first-order chi connectivity index (χ1) is 13.4. The van der Waals surface area contributed by atoms with Crippen molar-refractivity contribution in [2.45, 2.75) is 31.2 Å². The van der Waals surface area contributed by atoms with Gasteiger partial charge in [0.25, 0.3) is 11.5 Å². The SMILES string of the molecule is CCCCn1nc(C(=O)N2CCN(S(=O)(=O)c3ccccc3)CC2)ccc1=O. The summed E-state index contributed by atoms with van der Waals surface area (Å²) in [5, 5.41) is 4.18. The number of hydrogen-bond donors (Lipinski definition) is 0. The van der Waals surface area contributed by atoms with Crippen LogP contribution in [0.1, 0.15) is 30.3 Å². The van der Waals surface area contributed by atoms with Crippen LogP contribution in [0.2, 0.25) is 0 Å². The Hall–Kier alpha value is -2.52. The molecule has 0 aliphatic carbocycles. The maximum atomic E-state index is 12.7. The minimum Gasteiger partial charge on any atom is -0.335 e. The molecule has 1 aliphatic rings. The fraction of sp³-hybridized carbons (Fsp3) is 0.421. The van der Waals surface area contributed by atoms with Crippen LogP contribution < -0.4 is 5.56 Å². The highest BCUT2D eigenvalue weighted by molar-refractivity contribution is 7.89.